The molecule has 0 atom stereocenters. The predicted octanol–water partition coefficient (Wildman–Crippen LogP) is 2.81. The van der Waals surface area contributed by atoms with E-state index in [2.05, 4.69) is 34.5 Å². The topological polar surface area (TPSA) is 44.8 Å². The number of methoxy groups -OCH3 is 1. The number of hydrogen-bond acceptors (Lipinski definition) is 3. The zero-order valence-corrected chi connectivity index (χ0v) is 16.1. The van der Waals surface area contributed by atoms with E-state index < -0.39 is 0 Å². The van der Waals surface area contributed by atoms with Crippen molar-refractivity contribution in [1.29, 1.82) is 0 Å². The summed E-state index contributed by atoms with van der Waals surface area (Å²) >= 11 is 0. The second-order valence-electron chi connectivity index (χ2n) is 6.86. The number of hydrogen-bond donors (Lipinski definition) is 1. The Labute approximate surface area is 161 Å². The Morgan fingerprint density at radius 2 is 1.67 bits per heavy atom. The molecule has 0 aromatic heterocycles. The van der Waals surface area contributed by atoms with Crippen molar-refractivity contribution in [3.8, 4) is 5.75 Å². The number of carbonyl (C=O) groups excluding carboxylic acids is 1. The number of benzene rings is 2. The molecule has 5 heteroatoms. The molecular formula is C22H29N3O2. The zero-order valence-electron chi connectivity index (χ0n) is 16.1. The van der Waals surface area contributed by atoms with Crippen LogP contribution in [0.15, 0.2) is 54.6 Å². The second-order valence-corrected chi connectivity index (χ2v) is 6.86. The monoisotopic (exact) mass is 367 g/mol. The summed E-state index contributed by atoms with van der Waals surface area (Å²) in [4.78, 5) is 16.7. The first-order chi connectivity index (χ1) is 13.3. The van der Waals surface area contributed by atoms with Gasteiger partial charge >= 0.3 is 6.03 Å². The third kappa shape index (κ3) is 5.73. The van der Waals surface area contributed by atoms with Gasteiger partial charge in [-0.05, 0) is 30.0 Å². The fourth-order valence-electron chi connectivity index (χ4n) is 3.43. The molecule has 2 aromatic rings. The molecule has 5 nitrogen and oxygen atoms in total. The number of para-hydroxylation sites is 1. The van der Waals surface area contributed by atoms with Crippen molar-refractivity contribution in [2.75, 3.05) is 46.4 Å². The standard InChI is InChI=1S/C22H29N3O2/c1-27-21-10-6-5-9-20(21)12-14-24-15-17-25(18-16-24)22(26)23-13-11-19-7-3-2-4-8-19/h2-10H,11-18H2,1H3,(H,23,26). The molecule has 2 aromatic carbocycles. The van der Waals surface area contributed by atoms with Gasteiger partial charge in [0, 0.05) is 39.3 Å². The number of amides is 2. The van der Waals surface area contributed by atoms with Crippen LogP contribution in [0.1, 0.15) is 11.1 Å². The lowest BCUT2D eigenvalue weighted by Crippen LogP contribution is -2.52. The van der Waals surface area contributed by atoms with Crippen molar-refractivity contribution in [3.63, 3.8) is 0 Å². The molecule has 0 saturated carbocycles. The average molecular weight is 367 g/mol. The van der Waals surface area contributed by atoms with Gasteiger partial charge in [0.15, 0.2) is 0 Å². The minimum absolute atomic E-state index is 0.0512. The molecular weight excluding hydrogens is 338 g/mol. The van der Waals surface area contributed by atoms with Crippen LogP contribution in [0.4, 0.5) is 4.79 Å². The minimum Gasteiger partial charge on any atom is -0.496 e. The summed E-state index contributed by atoms with van der Waals surface area (Å²) < 4.78 is 5.42. The Morgan fingerprint density at radius 3 is 2.41 bits per heavy atom. The zero-order chi connectivity index (χ0) is 18.9. The summed E-state index contributed by atoms with van der Waals surface area (Å²) in [5, 5.41) is 3.04. The van der Waals surface area contributed by atoms with Gasteiger partial charge in [0.05, 0.1) is 7.11 Å². The smallest absolute Gasteiger partial charge is 0.317 e. The van der Waals surface area contributed by atoms with Crippen LogP contribution in [0.5, 0.6) is 5.75 Å². The van der Waals surface area contributed by atoms with Crippen LogP contribution in [0.25, 0.3) is 0 Å². The third-order valence-corrected chi connectivity index (χ3v) is 5.08. The molecule has 2 amide bonds. The van der Waals surface area contributed by atoms with Gasteiger partial charge in [0.25, 0.3) is 0 Å². The highest BCUT2D eigenvalue weighted by Crippen LogP contribution is 2.18. The van der Waals surface area contributed by atoms with Gasteiger partial charge in [0.1, 0.15) is 5.75 Å². The van der Waals surface area contributed by atoms with Crippen LogP contribution in [0, 0.1) is 0 Å². The van der Waals surface area contributed by atoms with Gasteiger partial charge in [-0.1, -0.05) is 48.5 Å². The number of rotatable bonds is 7. The van der Waals surface area contributed by atoms with Crippen molar-refractivity contribution in [3.05, 3.63) is 65.7 Å². The Hall–Kier alpha value is -2.53. The molecule has 0 unspecified atom stereocenters. The van der Waals surface area contributed by atoms with Crippen molar-refractivity contribution >= 4 is 6.03 Å². The van der Waals surface area contributed by atoms with Crippen molar-refractivity contribution in [1.82, 2.24) is 15.1 Å². The third-order valence-electron chi connectivity index (χ3n) is 5.08. The fourth-order valence-corrected chi connectivity index (χ4v) is 3.43. The van der Waals surface area contributed by atoms with Gasteiger partial charge in [-0.25, -0.2) is 4.79 Å². The first kappa shape index (κ1) is 19.2. The van der Waals surface area contributed by atoms with Gasteiger partial charge in [-0.3, -0.25) is 4.90 Å². The maximum atomic E-state index is 12.3. The van der Waals surface area contributed by atoms with Gasteiger partial charge in [0.2, 0.25) is 0 Å². The van der Waals surface area contributed by atoms with Gasteiger partial charge in [-0.15, -0.1) is 0 Å². The van der Waals surface area contributed by atoms with Crippen LogP contribution >= 0.6 is 0 Å². The second kappa shape index (κ2) is 9.97. The van der Waals surface area contributed by atoms with Crippen LogP contribution in [-0.2, 0) is 12.8 Å². The highest BCUT2D eigenvalue weighted by atomic mass is 16.5. The van der Waals surface area contributed by atoms with Crippen molar-refractivity contribution in [2.24, 2.45) is 0 Å². The quantitative estimate of drug-likeness (QED) is 0.818. The molecule has 3 rings (SSSR count). The lowest BCUT2D eigenvalue weighted by atomic mass is 10.1. The molecule has 0 radical (unpaired) electrons. The molecule has 0 spiro atoms. The van der Waals surface area contributed by atoms with Crippen LogP contribution in [0.2, 0.25) is 0 Å². The summed E-state index contributed by atoms with van der Waals surface area (Å²) in [5.74, 6) is 0.953. The molecule has 1 N–H and O–H groups in total. The fraction of sp³-hybridized carbons (Fsp3) is 0.409. The van der Waals surface area contributed by atoms with E-state index in [1.54, 1.807) is 7.11 Å². The Bertz CT molecular complexity index is 713. The molecule has 1 aliphatic heterocycles. The lowest BCUT2D eigenvalue weighted by Gasteiger charge is -2.34. The van der Waals surface area contributed by atoms with Crippen LogP contribution in [0.3, 0.4) is 0 Å². The average Bonchev–Trinajstić information content (AvgIpc) is 2.73. The van der Waals surface area contributed by atoms with E-state index in [1.165, 1.54) is 11.1 Å². The molecule has 0 bridgehead atoms. The molecule has 1 fully saturated rings. The number of nitrogens with zero attached hydrogens (tertiary/aromatic N) is 2. The number of ether oxygens (including phenoxy) is 1. The molecule has 0 aliphatic carbocycles. The summed E-state index contributed by atoms with van der Waals surface area (Å²) in [6, 6.07) is 18.5. The largest absolute Gasteiger partial charge is 0.496 e. The van der Waals surface area contributed by atoms with Gasteiger partial charge in [-0.2, -0.15) is 0 Å². The van der Waals surface area contributed by atoms with Crippen molar-refractivity contribution in [2.45, 2.75) is 12.8 Å². The van der Waals surface area contributed by atoms with E-state index in [9.17, 15) is 4.79 Å². The number of urea groups is 1. The summed E-state index contributed by atoms with van der Waals surface area (Å²) in [6.45, 7) is 5.06. The normalized spacial score (nSPS) is 14.8. The molecule has 144 valence electrons. The first-order valence-corrected chi connectivity index (χ1v) is 9.67. The molecule has 1 saturated heterocycles. The van der Waals surface area contributed by atoms with Crippen LogP contribution in [-0.4, -0.2) is 62.2 Å². The Kier molecular flexibility index (Phi) is 7.11. The molecule has 1 heterocycles. The van der Waals surface area contributed by atoms with Crippen LogP contribution < -0.4 is 10.1 Å². The maximum Gasteiger partial charge on any atom is 0.317 e. The number of carbonyl (C=O) groups is 1. The van der Waals surface area contributed by atoms with E-state index in [-0.39, 0.29) is 6.03 Å². The number of piperazine rings is 1. The summed E-state index contributed by atoms with van der Waals surface area (Å²) in [7, 11) is 1.72. The summed E-state index contributed by atoms with van der Waals surface area (Å²) in [6.07, 6.45) is 1.83. The van der Waals surface area contributed by atoms with E-state index in [0.717, 1.165) is 51.3 Å². The Balaban J connectivity index is 1.36. The minimum atomic E-state index is 0.0512. The lowest BCUT2D eigenvalue weighted by molar-refractivity contribution is 0.140. The number of nitrogens with one attached hydrogen (secondary N) is 1. The van der Waals surface area contributed by atoms with Gasteiger partial charge < -0.3 is 15.0 Å². The Morgan fingerprint density at radius 1 is 0.963 bits per heavy atom. The summed E-state index contributed by atoms with van der Waals surface area (Å²) in [5.41, 5.74) is 2.49. The SMILES string of the molecule is COc1ccccc1CCN1CCN(C(=O)NCCc2ccccc2)CC1. The van der Waals surface area contributed by atoms with E-state index in [0.29, 0.717) is 6.54 Å². The van der Waals surface area contributed by atoms with E-state index in [1.807, 2.05) is 35.2 Å². The highest BCUT2D eigenvalue weighted by Gasteiger charge is 2.20. The predicted molar refractivity (Wildman–Crippen MR) is 108 cm³/mol. The highest BCUT2D eigenvalue weighted by molar-refractivity contribution is 5.74. The maximum absolute atomic E-state index is 12.3. The first-order valence-electron chi connectivity index (χ1n) is 9.67. The van der Waals surface area contributed by atoms with Crippen molar-refractivity contribution < 1.29 is 9.53 Å². The molecule has 1 aliphatic rings. The molecule has 27 heavy (non-hydrogen) atoms. The van der Waals surface area contributed by atoms with E-state index >= 15 is 0 Å². The van der Waals surface area contributed by atoms with E-state index in [4.69, 9.17) is 4.74 Å².